The van der Waals surface area contributed by atoms with Crippen LogP contribution in [0.15, 0.2) is 10.5 Å². The lowest BCUT2D eigenvalue weighted by molar-refractivity contribution is -0.137. The molecule has 2 N–H and O–H groups in total. The maximum absolute atomic E-state index is 10.9. The van der Waals surface area contributed by atoms with Gasteiger partial charge in [-0.25, -0.2) is 0 Å². The highest BCUT2D eigenvalue weighted by Crippen LogP contribution is 2.51. The zero-order valence-electron chi connectivity index (χ0n) is 9.83. The summed E-state index contributed by atoms with van der Waals surface area (Å²) in [6.45, 7) is 3.90. The second kappa shape index (κ2) is 4.33. The van der Waals surface area contributed by atoms with Crippen molar-refractivity contribution in [3.8, 4) is 5.75 Å². The van der Waals surface area contributed by atoms with E-state index in [0.717, 1.165) is 27.6 Å². The van der Waals surface area contributed by atoms with E-state index < -0.39 is 5.97 Å². The first-order valence-electron chi connectivity index (χ1n) is 5.65. The topological polar surface area (TPSA) is 57.5 Å². The molecule has 3 nitrogen and oxygen atoms in total. The number of carbonyl (C=O) groups is 1. The van der Waals surface area contributed by atoms with Crippen molar-refractivity contribution in [1.29, 1.82) is 0 Å². The molecule has 0 bridgehead atoms. The van der Waals surface area contributed by atoms with Crippen LogP contribution in [-0.4, -0.2) is 16.2 Å². The van der Waals surface area contributed by atoms with Gasteiger partial charge in [-0.15, -0.1) is 0 Å². The lowest BCUT2D eigenvalue weighted by Gasteiger charge is -2.14. The van der Waals surface area contributed by atoms with Gasteiger partial charge in [0.15, 0.2) is 0 Å². The van der Waals surface area contributed by atoms with Crippen LogP contribution < -0.4 is 0 Å². The Hall–Kier alpha value is -1.03. The van der Waals surface area contributed by atoms with Crippen molar-refractivity contribution < 1.29 is 15.0 Å². The van der Waals surface area contributed by atoms with E-state index in [-0.39, 0.29) is 24.0 Å². The van der Waals surface area contributed by atoms with Gasteiger partial charge in [0.05, 0.1) is 6.42 Å². The third-order valence-corrected chi connectivity index (χ3v) is 4.14. The second-order valence-electron chi connectivity index (χ2n) is 4.78. The molecule has 0 spiro atoms. The minimum absolute atomic E-state index is 0.0753. The number of fused-ring (bicyclic) bond motifs is 1. The summed E-state index contributed by atoms with van der Waals surface area (Å²) in [5.41, 5.74) is 2.69. The molecular weight excluding hydrogens is 284 g/mol. The van der Waals surface area contributed by atoms with Crippen molar-refractivity contribution in [2.45, 2.75) is 38.5 Å². The van der Waals surface area contributed by atoms with Crippen molar-refractivity contribution >= 4 is 21.9 Å². The van der Waals surface area contributed by atoms with E-state index in [1.807, 2.05) is 13.0 Å². The van der Waals surface area contributed by atoms with E-state index in [1.54, 1.807) is 0 Å². The van der Waals surface area contributed by atoms with Crippen molar-refractivity contribution in [2.75, 3.05) is 0 Å². The summed E-state index contributed by atoms with van der Waals surface area (Å²) in [6, 6.07) is 1.90. The Bertz CT molecular complexity index is 482. The molecule has 0 saturated carbocycles. The number of aromatic hydroxyl groups is 1. The van der Waals surface area contributed by atoms with Gasteiger partial charge in [0, 0.05) is 10.0 Å². The molecule has 0 heterocycles. The first-order chi connectivity index (χ1) is 7.91. The van der Waals surface area contributed by atoms with Gasteiger partial charge in [-0.05, 0) is 42.4 Å². The number of hydrogen-bond donors (Lipinski definition) is 2. The molecule has 1 aromatic rings. The smallest absolute Gasteiger partial charge is 0.303 e. The number of benzene rings is 1. The third kappa shape index (κ3) is 2.06. The minimum Gasteiger partial charge on any atom is -0.507 e. The Morgan fingerprint density at radius 3 is 2.76 bits per heavy atom. The fourth-order valence-electron chi connectivity index (χ4n) is 2.78. The van der Waals surface area contributed by atoms with Crippen molar-refractivity contribution in [2.24, 2.45) is 0 Å². The number of phenols is 1. The van der Waals surface area contributed by atoms with E-state index in [1.165, 1.54) is 0 Å². The fraction of sp³-hybridized carbons (Fsp3) is 0.462. The number of phenolic OH excluding ortho intramolecular Hbond substituents is 1. The van der Waals surface area contributed by atoms with Crippen molar-refractivity contribution in [3.05, 3.63) is 27.2 Å². The van der Waals surface area contributed by atoms with Gasteiger partial charge in [0.1, 0.15) is 5.75 Å². The van der Waals surface area contributed by atoms with Crippen LogP contribution in [0.2, 0.25) is 0 Å². The Kier molecular flexibility index (Phi) is 3.17. The average Bonchev–Trinajstić information content (AvgIpc) is 2.51. The van der Waals surface area contributed by atoms with Crippen LogP contribution in [0.3, 0.4) is 0 Å². The SMILES string of the molecule is Cc1cc(Br)c2c(c1O)[C@@H](CC(=O)O)C[C@H]2C. The van der Waals surface area contributed by atoms with E-state index in [9.17, 15) is 9.90 Å². The van der Waals surface area contributed by atoms with E-state index >= 15 is 0 Å². The molecule has 0 radical (unpaired) electrons. The Labute approximate surface area is 109 Å². The summed E-state index contributed by atoms with van der Waals surface area (Å²) >= 11 is 3.51. The molecule has 92 valence electrons. The van der Waals surface area contributed by atoms with Gasteiger partial charge in [0.2, 0.25) is 0 Å². The molecule has 17 heavy (non-hydrogen) atoms. The van der Waals surface area contributed by atoms with Crippen LogP contribution in [0.1, 0.15) is 48.3 Å². The maximum atomic E-state index is 10.9. The average molecular weight is 299 g/mol. The summed E-state index contributed by atoms with van der Waals surface area (Å²) in [4.78, 5) is 10.9. The predicted molar refractivity (Wildman–Crippen MR) is 68.6 cm³/mol. The summed E-state index contributed by atoms with van der Waals surface area (Å²) < 4.78 is 0.975. The largest absolute Gasteiger partial charge is 0.507 e. The summed E-state index contributed by atoms with van der Waals surface area (Å²) in [5, 5.41) is 19.1. The molecule has 0 aromatic heterocycles. The lowest BCUT2D eigenvalue weighted by Crippen LogP contribution is -2.04. The lowest BCUT2D eigenvalue weighted by atomic mass is 9.95. The quantitative estimate of drug-likeness (QED) is 0.878. The first kappa shape index (κ1) is 12.4. The molecule has 1 aliphatic carbocycles. The molecule has 0 fully saturated rings. The van der Waals surface area contributed by atoms with Gasteiger partial charge < -0.3 is 10.2 Å². The molecule has 2 atom stereocenters. The van der Waals surface area contributed by atoms with Crippen molar-refractivity contribution in [3.63, 3.8) is 0 Å². The normalized spacial score (nSPS) is 22.5. The van der Waals surface area contributed by atoms with E-state index in [2.05, 4.69) is 22.9 Å². The highest BCUT2D eigenvalue weighted by molar-refractivity contribution is 9.10. The van der Waals surface area contributed by atoms with Crippen LogP contribution in [0.5, 0.6) is 5.75 Å². The van der Waals surface area contributed by atoms with Crippen LogP contribution in [0, 0.1) is 6.92 Å². The highest BCUT2D eigenvalue weighted by Gasteiger charge is 2.34. The van der Waals surface area contributed by atoms with Gasteiger partial charge in [-0.1, -0.05) is 22.9 Å². The van der Waals surface area contributed by atoms with Crippen LogP contribution in [0.25, 0.3) is 0 Å². The minimum atomic E-state index is -0.813. The zero-order chi connectivity index (χ0) is 12.7. The monoisotopic (exact) mass is 298 g/mol. The molecule has 0 aliphatic heterocycles. The van der Waals surface area contributed by atoms with Gasteiger partial charge >= 0.3 is 5.97 Å². The fourth-order valence-corrected chi connectivity index (χ4v) is 3.73. The number of aliphatic carboxylic acids is 1. The predicted octanol–water partition coefficient (Wildman–Crippen LogP) is 3.53. The van der Waals surface area contributed by atoms with Crippen molar-refractivity contribution in [1.82, 2.24) is 0 Å². The Morgan fingerprint density at radius 1 is 1.53 bits per heavy atom. The number of carboxylic acids is 1. The summed E-state index contributed by atoms with van der Waals surface area (Å²) in [5.74, 6) is -0.338. The maximum Gasteiger partial charge on any atom is 0.303 e. The number of rotatable bonds is 2. The molecule has 1 aliphatic rings. The standard InChI is InChI=1S/C13H15BrO3/c1-6-3-8(5-10(15)16)12-11(6)9(14)4-7(2)13(12)17/h4,6,8,17H,3,5H2,1-2H3,(H,15,16)/t6-,8-/m1/s1. The first-order valence-corrected chi connectivity index (χ1v) is 6.44. The van der Waals surface area contributed by atoms with Gasteiger partial charge in [0.25, 0.3) is 0 Å². The third-order valence-electron chi connectivity index (χ3n) is 3.48. The Balaban J connectivity index is 2.55. The second-order valence-corrected chi connectivity index (χ2v) is 5.64. The van der Waals surface area contributed by atoms with Crippen LogP contribution in [0.4, 0.5) is 0 Å². The van der Waals surface area contributed by atoms with Gasteiger partial charge in [-0.2, -0.15) is 0 Å². The number of aryl methyl sites for hydroxylation is 1. The zero-order valence-corrected chi connectivity index (χ0v) is 11.4. The van der Waals surface area contributed by atoms with Crippen LogP contribution in [-0.2, 0) is 4.79 Å². The number of hydrogen-bond acceptors (Lipinski definition) is 2. The number of halogens is 1. The van der Waals surface area contributed by atoms with Gasteiger partial charge in [-0.3, -0.25) is 4.79 Å². The van der Waals surface area contributed by atoms with E-state index in [4.69, 9.17) is 5.11 Å². The molecule has 0 unspecified atom stereocenters. The van der Waals surface area contributed by atoms with E-state index in [0.29, 0.717) is 0 Å². The molecule has 2 rings (SSSR count). The molecular formula is C13H15BrO3. The molecule has 1 aromatic carbocycles. The Morgan fingerprint density at radius 2 is 2.18 bits per heavy atom. The highest BCUT2D eigenvalue weighted by atomic mass is 79.9. The molecule has 0 saturated heterocycles. The van der Waals surface area contributed by atoms with Crippen LogP contribution >= 0.6 is 15.9 Å². The molecule has 4 heteroatoms. The molecule has 0 amide bonds. The summed E-state index contributed by atoms with van der Waals surface area (Å²) in [7, 11) is 0. The number of carboxylic acid groups (broad SMARTS) is 1. The summed E-state index contributed by atoms with van der Waals surface area (Å²) in [6.07, 6.45) is 0.873.